The summed E-state index contributed by atoms with van der Waals surface area (Å²) in [5.74, 6) is -0.905. The molecule has 3 aromatic heterocycles. The van der Waals surface area contributed by atoms with Gasteiger partial charge in [0.25, 0.3) is 5.91 Å². The van der Waals surface area contributed by atoms with E-state index in [1.165, 1.54) is 21.8 Å². The van der Waals surface area contributed by atoms with E-state index in [4.69, 9.17) is 0 Å². The second-order valence-corrected chi connectivity index (χ2v) is 6.53. The number of nitrogens with zero attached hydrogens (tertiary/aromatic N) is 7. The number of aromatic nitrogens is 6. The largest absolute Gasteiger partial charge is 0.491 e. The molecule has 0 saturated carbocycles. The zero-order valence-corrected chi connectivity index (χ0v) is 15.6. The lowest BCUT2D eigenvalue weighted by molar-refractivity contribution is -0.394. The molecule has 0 spiro atoms. The monoisotopic (exact) mass is 442 g/mol. The summed E-state index contributed by atoms with van der Waals surface area (Å²) in [7, 11) is 0. The Morgan fingerprint density at radius 2 is 2.04 bits per heavy atom. The van der Waals surface area contributed by atoms with Gasteiger partial charge in [0.1, 0.15) is 0 Å². The van der Waals surface area contributed by atoms with Gasteiger partial charge < -0.3 is 15.4 Å². The minimum absolute atomic E-state index is 0.0802. The molecule has 1 aromatic carbocycles. The molecule has 0 unspecified atom stereocenters. The van der Waals surface area contributed by atoms with Gasteiger partial charge in [-0.1, -0.05) is 27.0 Å². The predicted molar refractivity (Wildman–Crippen MR) is 102 cm³/mol. The number of carbonyl (C=O) groups excluding carboxylic acids is 1. The number of amides is 1. The van der Waals surface area contributed by atoms with Gasteiger partial charge in [-0.3, -0.25) is 9.78 Å². The number of carbonyl (C=O) groups is 1. The van der Waals surface area contributed by atoms with Gasteiger partial charge in [0.15, 0.2) is 12.4 Å². The zero-order valence-electron chi connectivity index (χ0n) is 14.1. The normalized spacial score (nSPS) is 10.9. The van der Waals surface area contributed by atoms with Crippen LogP contribution in [0, 0.1) is 10.1 Å². The minimum atomic E-state index is -0.685. The van der Waals surface area contributed by atoms with Crippen molar-refractivity contribution < 1.29 is 9.72 Å². The van der Waals surface area contributed by atoms with Crippen molar-refractivity contribution in [3.8, 4) is 0 Å². The van der Waals surface area contributed by atoms with Gasteiger partial charge in [-0.2, -0.15) is 9.78 Å². The van der Waals surface area contributed by atoms with Crippen LogP contribution in [-0.4, -0.2) is 40.4 Å². The molecule has 11 nitrogen and oxygen atoms in total. The molecule has 0 atom stereocenters. The summed E-state index contributed by atoms with van der Waals surface area (Å²) in [6, 6.07) is 8.83. The molecule has 28 heavy (non-hydrogen) atoms. The summed E-state index contributed by atoms with van der Waals surface area (Å²) in [6.07, 6.45) is 4.44. The molecule has 0 radical (unpaired) electrons. The van der Waals surface area contributed by atoms with Gasteiger partial charge in [0.05, 0.1) is 11.2 Å². The minimum Gasteiger partial charge on any atom is -0.390 e. The second-order valence-electron chi connectivity index (χ2n) is 5.67. The molecule has 0 bridgehead atoms. The third-order valence-corrected chi connectivity index (χ3v) is 4.51. The van der Waals surface area contributed by atoms with E-state index in [1.54, 1.807) is 18.5 Å². The highest BCUT2D eigenvalue weighted by Gasteiger charge is 2.16. The van der Waals surface area contributed by atoms with Crippen molar-refractivity contribution in [1.29, 1.82) is 0 Å². The van der Waals surface area contributed by atoms with Crippen LogP contribution < -0.4 is 5.32 Å². The number of hydrogen-bond acceptors (Lipinski definition) is 7. The van der Waals surface area contributed by atoms with Crippen LogP contribution in [0.25, 0.3) is 10.9 Å². The first kappa shape index (κ1) is 17.7. The lowest BCUT2D eigenvalue weighted by Crippen LogP contribution is -2.15. The van der Waals surface area contributed by atoms with E-state index in [2.05, 4.69) is 41.4 Å². The number of nitrogens with one attached hydrogen (secondary N) is 1. The zero-order chi connectivity index (χ0) is 19.7. The molecule has 1 N–H and O–H groups in total. The van der Waals surface area contributed by atoms with Crippen molar-refractivity contribution in [3.05, 3.63) is 69.3 Å². The molecule has 0 aliphatic heterocycles. The van der Waals surface area contributed by atoms with E-state index < -0.39 is 16.8 Å². The van der Waals surface area contributed by atoms with Crippen LogP contribution in [0.3, 0.4) is 0 Å². The smallest absolute Gasteiger partial charge is 0.390 e. The SMILES string of the molecule is O=C(Nc1ccc(Br)c2cccnc12)c1ccn(Cn2cnc([N+](=O)[O-])n2)n1. The van der Waals surface area contributed by atoms with Gasteiger partial charge in [0, 0.05) is 27.4 Å². The molecule has 0 aliphatic carbocycles. The molecule has 0 saturated heterocycles. The van der Waals surface area contributed by atoms with E-state index in [0.717, 1.165) is 9.86 Å². The molecule has 1 amide bonds. The Morgan fingerprint density at radius 1 is 1.18 bits per heavy atom. The fourth-order valence-corrected chi connectivity index (χ4v) is 3.02. The van der Waals surface area contributed by atoms with Crippen LogP contribution in [0.15, 0.2) is 53.5 Å². The van der Waals surface area contributed by atoms with Crippen molar-refractivity contribution in [3.63, 3.8) is 0 Å². The van der Waals surface area contributed by atoms with E-state index >= 15 is 0 Å². The van der Waals surface area contributed by atoms with Gasteiger partial charge in [-0.25, -0.2) is 4.68 Å². The Balaban J connectivity index is 1.52. The number of anilines is 1. The summed E-state index contributed by atoms with van der Waals surface area (Å²) in [4.78, 5) is 30.4. The van der Waals surface area contributed by atoms with Crippen LogP contribution >= 0.6 is 15.9 Å². The Bertz CT molecular complexity index is 1200. The van der Waals surface area contributed by atoms with Gasteiger partial charge >= 0.3 is 5.95 Å². The summed E-state index contributed by atoms with van der Waals surface area (Å²) >= 11 is 3.46. The predicted octanol–water partition coefficient (Wildman–Crippen LogP) is 2.45. The first-order chi connectivity index (χ1) is 13.5. The fraction of sp³-hybridized carbons (Fsp3) is 0.0625. The van der Waals surface area contributed by atoms with Gasteiger partial charge in [0.2, 0.25) is 6.33 Å². The average molecular weight is 443 g/mol. The molecule has 3 heterocycles. The number of nitro groups is 1. The van der Waals surface area contributed by atoms with Crippen LogP contribution in [0.5, 0.6) is 0 Å². The quantitative estimate of drug-likeness (QED) is 0.370. The highest BCUT2D eigenvalue weighted by Crippen LogP contribution is 2.28. The molecule has 0 aliphatic rings. The Hall–Kier alpha value is -3.67. The topological polar surface area (TPSA) is 134 Å². The molecule has 4 aromatic rings. The Morgan fingerprint density at radius 3 is 2.82 bits per heavy atom. The second kappa shape index (κ2) is 7.15. The van der Waals surface area contributed by atoms with Crippen molar-refractivity contribution in [2.24, 2.45) is 0 Å². The Labute approximate surface area is 165 Å². The summed E-state index contributed by atoms with van der Waals surface area (Å²) in [5.41, 5.74) is 1.39. The third-order valence-electron chi connectivity index (χ3n) is 3.82. The molecule has 0 fully saturated rings. The lowest BCUT2D eigenvalue weighted by atomic mass is 10.2. The number of pyridine rings is 1. The number of rotatable bonds is 5. The van der Waals surface area contributed by atoms with E-state index in [-0.39, 0.29) is 12.4 Å². The molecular formula is C16H11BrN8O3. The standard InChI is InChI=1S/C16H11BrN8O3/c17-11-3-4-12(14-10(11)2-1-6-18-14)20-15(26)13-5-7-23(21-13)9-24-8-19-16(22-24)25(27)28/h1-8H,9H2,(H,20,26). The maximum absolute atomic E-state index is 12.6. The van der Waals surface area contributed by atoms with Crippen molar-refractivity contribution in [1.82, 2.24) is 29.5 Å². The highest BCUT2D eigenvalue weighted by atomic mass is 79.9. The summed E-state index contributed by atoms with van der Waals surface area (Å²) < 4.78 is 3.55. The van der Waals surface area contributed by atoms with Crippen LogP contribution in [-0.2, 0) is 6.67 Å². The highest BCUT2D eigenvalue weighted by molar-refractivity contribution is 9.10. The van der Waals surface area contributed by atoms with Crippen molar-refractivity contribution in [2.75, 3.05) is 5.32 Å². The maximum atomic E-state index is 12.6. The first-order valence-corrected chi connectivity index (χ1v) is 8.72. The van der Waals surface area contributed by atoms with E-state index in [1.807, 2.05) is 18.2 Å². The van der Waals surface area contributed by atoms with Gasteiger partial charge in [-0.15, -0.1) is 0 Å². The maximum Gasteiger partial charge on any atom is 0.491 e. The van der Waals surface area contributed by atoms with Crippen molar-refractivity contribution >= 4 is 44.4 Å². The van der Waals surface area contributed by atoms with Gasteiger partial charge in [-0.05, 0) is 29.2 Å². The molecular weight excluding hydrogens is 432 g/mol. The van der Waals surface area contributed by atoms with Crippen LogP contribution in [0.1, 0.15) is 10.5 Å². The first-order valence-electron chi connectivity index (χ1n) is 7.93. The molecule has 140 valence electrons. The summed E-state index contributed by atoms with van der Waals surface area (Å²) in [5, 5.41) is 22.2. The number of benzene rings is 1. The number of fused-ring (bicyclic) bond motifs is 1. The Kier molecular flexibility index (Phi) is 4.53. The molecule has 4 rings (SSSR count). The third kappa shape index (κ3) is 3.44. The number of hydrogen-bond donors (Lipinski definition) is 1. The fourth-order valence-electron chi connectivity index (χ4n) is 2.57. The summed E-state index contributed by atoms with van der Waals surface area (Å²) in [6.45, 7) is 0.0802. The molecule has 12 heteroatoms. The van der Waals surface area contributed by atoms with E-state index in [9.17, 15) is 14.9 Å². The number of halogens is 1. The van der Waals surface area contributed by atoms with E-state index in [0.29, 0.717) is 11.2 Å². The van der Waals surface area contributed by atoms with Crippen molar-refractivity contribution in [2.45, 2.75) is 6.67 Å². The van der Waals surface area contributed by atoms with Crippen LogP contribution in [0.4, 0.5) is 11.6 Å². The lowest BCUT2D eigenvalue weighted by Gasteiger charge is -2.08. The average Bonchev–Trinajstić information content (AvgIpc) is 3.34. The van der Waals surface area contributed by atoms with Crippen LogP contribution in [0.2, 0.25) is 0 Å².